The van der Waals surface area contributed by atoms with Gasteiger partial charge in [-0.1, -0.05) is 5.16 Å². The normalized spacial score (nSPS) is 22.2. The number of imide groups is 1. The summed E-state index contributed by atoms with van der Waals surface area (Å²) in [5.74, 6) is -0.930. The number of non-ortho nitro benzene ring substituents is 1. The number of oxime groups is 1. The van der Waals surface area contributed by atoms with E-state index in [2.05, 4.69) is 5.16 Å². The molecule has 0 aromatic heterocycles. The van der Waals surface area contributed by atoms with Crippen molar-refractivity contribution in [2.75, 3.05) is 18.1 Å². The van der Waals surface area contributed by atoms with E-state index in [4.69, 9.17) is 14.3 Å². The smallest absolute Gasteiger partial charge is 0.278 e. The molecule has 0 bridgehead atoms. The number of anilines is 1. The quantitative estimate of drug-likeness (QED) is 0.440. The van der Waals surface area contributed by atoms with E-state index in [1.54, 1.807) is 18.2 Å². The molecule has 29 heavy (non-hydrogen) atoms. The third-order valence-electron chi connectivity index (χ3n) is 4.97. The molecule has 0 aliphatic carbocycles. The van der Waals surface area contributed by atoms with Crippen LogP contribution in [0.5, 0.6) is 11.5 Å². The van der Waals surface area contributed by atoms with Crippen molar-refractivity contribution in [3.8, 4) is 11.5 Å². The minimum Gasteiger partial charge on any atom is -0.486 e. The Balaban J connectivity index is 1.46. The van der Waals surface area contributed by atoms with Crippen LogP contribution in [0.15, 0.2) is 47.6 Å². The maximum Gasteiger partial charge on any atom is 0.278 e. The van der Waals surface area contributed by atoms with Gasteiger partial charge in [0.25, 0.3) is 11.6 Å². The van der Waals surface area contributed by atoms with Crippen LogP contribution in [0, 0.1) is 16.0 Å². The summed E-state index contributed by atoms with van der Waals surface area (Å²) >= 11 is 0. The number of amides is 2. The van der Waals surface area contributed by atoms with E-state index < -0.39 is 28.8 Å². The molecular formula is C19H13N3O7. The predicted molar refractivity (Wildman–Crippen MR) is 97.9 cm³/mol. The van der Waals surface area contributed by atoms with Crippen molar-refractivity contribution in [1.82, 2.24) is 0 Å². The van der Waals surface area contributed by atoms with Gasteiger partial charge in [0, 0.05) is 23.8 Å². The molecule has 2 amide bonds. The van der Waals surface area contributed by atoms with Gasteiger partial charge in [-0.15, -0.1) is 0 Å². The molecule has 146 valence electrons. The Kier molecular flexibility index (Phi) is 3.73. The fourth-order valence-corrected chi connectivity index (χ4v) is 3.60. The molecule has 3 aliphatic rings. The molecule has 2 aromatic carbocycles. The van der Waals surface area contributed by atoms with Crippen LogP contribution in [-0.4, -0.2) is 41.8 Å². The van der Waals surface area contributed by atoms with Gasteiger partial charge in [-0.2, -0.15) is 0 Å². The molecule has 10 nitrogen and oxygen atoms in total. The number of hydrogen-bond donors (Lipinski definition) is 0. The Morgan fingerprint density at radius 2 is 1.72 bits per heavy atom. The molecule has 3 heterocycles. The number of hydrogen-bond acceptors (Lipinski definition) is 8. The number of carbonyl (C=O) groups is 2. The van der Waals surface area contributed by atoms with E-state index in [9.17, 15) is 19.7 Å². The van der Waals surface area contributed by atoms with Gasteiger partial charge in [0.05, 0.1) is 10.6 Å². The zero-order valence-electron chi connectivity index (χ0n) is 14.8. The number of nitro groups is 1. The Labute approximate surface area is 163 Å². The highest BCUT2D eigenvalue weighted by molar-refractivity contribution is 6.32. The molecule has 3 aliphatic heterocycles. The lowest BCUT2D eigenvalue weighted by molar-refractivity contribution is -0.384. The zero-order chi connectivity index (χ0) is 20.1. The van der Waals surface area contributed by atoms with Crippen molar-refractivity contribution in [3.63, 3.8) is 0 Å². The van der Waals surface area contributed by atoms with E-state index in [0.29, 0.717) is 36.0 Å². The number of benzene rings is 2. The Bertz CT molecular complexity index is 1080. The van der Waals surface area contributed by atoms with E-state index in [0.717, 1.165) is 4.90 Å². The highest BCUT2D eigenvalue weighted by atomic mass is 16.7. The number of nitro benzene ring substituents is 1. The summed E-state index contributed by atoms with van der Waals surface area (Å²) in [6.45, 7) is 0.810. The van der Waals surface area contributed by atoms with Crippen molar-refractivity contribution in [1.29, 1.82) is 0 Å². The molecule has 0 spiro atoms. The summed E-state index contributed by atoms with van der Waals surface area (Å²) in [6, 6.07) is 10.4. The first-order chi connectivity index (χ1) is 14.0. The third-order valence-corrected chi connectivity index (χ3v) is 4.97. The standard InChI is InChI=1S/C19H13N3O7/c23-18-15-16(10-1-3-11(4-2-10)22(25)26)20-29-17(15)19(24)21(18)12-5-6-13-14(9-12)28-8-7-27-13/h1-6,9,15,17H,7-8H2. The first kappa shape index (κ1) is 17.2. The van der Waals surface area contributed by atoms with Crippen LogP contribution in [0.4, 0.5) is 11.4 Å². The summed E-state index contributed by atoms with van der Waals surface area (Å²) in [4.78, 5) is 42.5. The van der Waals surface area contributed by atoms with Crippen LogP contribution in [0.1, 0.15) is 5.56 Å². The van der Waals surface area contributed by atoms with Crippen LogP contribution in [0.2, 0.25) is 0 Å². The van der Waals surface area contributed by atoms with Gasteiger partial charge in [-0.25, -0.2) is 4.90 Å². The number of carbonyl (C=O) groups excluding carboxylic acids is 2. The average Bonchev–Trinajstić information content (AvgIpc) is 3.28. The van der Waals surface area contributed by atoms with Crippen LogP contribution < -0.4 is 14.4 Å². The molecule has 0 saturated carbocycles. The highest BCUT2D eigenvalue weighted by Gasteiger charge is 2.56. The monoisotopic (exact) mass is 395 g/mol. The maximum absolute atomic E-state index is 13.1. The summed E-state index contributed by atoms with van der Waals surface area (Å²) in [5, 5.41) is 14.7. The van der Waals surface area contributed by atoms with Crippen molar-refractivity contribution in [2.45, 2.75) is 6.10 Å². The van der Waals surface area contributed by atoms with Crippen LogP contribution in [0.3, 0.4) is 0 Å². The fraction of sp³-hybridized carbons (Fsp3) is 0.211. The lowest BCUT2D eigenvalue weighted by Gasteiger charge is -2.21. The SMILES string of the molecule is O=C1C2ON=C(c3ccc([N+](=O)[O-])cc3)C2C(=O)N1c1ccc2c(c1)OCCO2. The summed E-state index contributed by atoms with van der Waals surface area (Å²) in [6.07, 6.45) is -1.07. The molecule has 1 saturated heterocycles. The summed E-state index contributed by atoms with van der Waals surface area (Å²) in [5.41, 5.74) is 1.01. The van der Waals surface area contributed by atoms with Gasteiger partial charge in [-0.05, 0) is 24.3 Å². The molecule has 2 aromatic rings. The van der Waals surface area contributed by atoms with Gasteiger partial charge in [0.2, 0.25) is 12.0 Å². The second-order valence-corrected chi connectivity index (χ2v) is 6.62. The number of rotatable bonds is 3. The summed E-state index contributed by atoms with van der Waals surface area (Å²) < 4.78 is 11.0. The second-order valence-electron chi connectivity index (χ2n) is 6.62. The lowest BCUT2D eigenvalue weighted by Crippen LogP contribution is -2.33. The van der Waals surface area contributed by atoms with Crippen molar-refractivity contribution >= 4 is 28.9 Å². The van der Waals surface area contributed by atoms with Crippen LogP contribution in [0.25, 0.3) is 0 Å². The van der Waals surface area contributed by atoms with Gasteiger partial charge < -0.3 is 14.3 Å². The fourth-order valence-electron chi connectivity index (χ4n) is 3.60. The topological polar surface area (TPSA) is 121 Å². The number of nitrogens with zero attached hydrogens (tertiary/aromatic N) is 3. The molecule has 0 N–H and O–H groups in total. The van der Waals surface area contributed by atoms with Crippen molar-refractivity contribution < 1.29 is 28.8 Å². The van der Waals surface area contributed by atoms with Crippen LogP contribution in [-0.2, 0) is 14.4 Å². The van der Waals surface area contributed by atoms with Crippen molar-refractivity contribution in [2.24, 2.45) is 11.1 Å². The minimum atomic E-state index is -1.07. The molecular weight excluding hydrogens is 382 g/mol. The molecule has 1 fully saturated rings. The Hall–Kier alpha value is -3.95. The van der Waals surface area contributed by atoms with Gasteiger partial charge >= 0.3 is 0 Å². The van der Waals surface area contributed by atoms with Gasteiger partial charge in [0.1, 0.15) is 24.8 Å². The third kappa shape index (κ3) is 2.60. The largest absolute Gasteiger partial charge is 0.486 e. The van der Waals surface area contributed by atoms with E-state index in [1.165, 1.54) is 24.3 Å². The molecule has 10 heteroatoms. The van der Waals surface area contributed by atoms with Crippen LogP contribution >= 0.6 is 0 Å². The molecule has 5 rings (SSSR count). The predicted octanol–water partition coefficient (Wildman–Crippen LogP) is 1.66. The minimum absolute atomic E-state index is 0.0865. The van der Waals surface area contributed by atoms with Gasteiger partial charge in [-0.3, -0.25) is 19.7 Å². The first-order valence-corrected chi connectivity index (χ1v) is 8.80. The number of ether oxygens (including phenoxy) is 2. The summed E-state index contributed by atoms with van der Waals surface area (Å²) in [7, 11) is 0. The van der Waals surface area contributed by atoms with E-state index in [1.807, 2.05) is 0 Å². The molecule has 2 unspecified atom stereocenters. The zero-order valence-corrected chi connectivity index (χ0v) is 14.8. The number of fused-ring (bicyclic) bond motifs is 2. The highest BCUT2D eigenvalue weighted by Crippen LogP contribution is 2.39. The lowest BCUT2D eigenvalue weighted by atomic mass is 9.94. The molecule has 2 atom stereocenters. The molecule has 0 radical (unpaired) electrons. The first-order valence-electron chi connectivity index (χ1n) is 8.80. The second kappa shape index (κ2) is 6.30. The average molecular weight is 395 g/mol. The Morgan fingerprint density at radius 3 is 2.45 bits per heavy atom. The Morgan fingerprint density at radius 1 is 1.00 bits per heavy atom. The van der Waals surface area contributed by atoms with Crippen molar-refractivity contribution in [3.05, 3.63) is 58.1 Å². The maximum atomic E-state index is 13.1. The van der Waals surface area contributed by atoms with Gasteiger partial charge in [0.15, 0.2) is 11.5 Å². The van der Waals surface area contributed by atoms with E-state index >= 15 is 0 Å². The van der Waals surface area contributed by atoms with E-state index in [-0.39, 0.29) is 11.4 Å².